The lowest BCUT2D eigenvalue weighted by Gasteiger charge is -2.14. The summed E-state index contributed by atoms with van der Waals surface area (Å²) in [5, 5.41) is 14.1. The molecule has 0 fully saturated rings. The fourth-order valence-corrected chi connectivity index (χ4v) is 2.30. The first kappa shape index (κ1) is 12.9. The third-order valence-electron chi connectivity index (χ3n) is 2.49. The van der Waals surface area contributed by atoms with Crippen molar-refractivity contribution >= 4 is 34.6 Å². The summed E-state index contributed by atoms with van der Waals surface area (Å²) in [7, 11) is 1.80. The van der Waals surface area contributed by atoms with E-state index in [4.69, 9.17) is 0 Å². The second-order valence-corrected chi connectivity index (χ2v) is 5.30. The van der Waals surface area contributed by atoms with E-state index in [0.29, 0.717) is 12.0 Å². The second-order valence-electron chi connectivity index (χ2n) is 3.98. The molecule has 0 spiro atoms. The Kier molecular flexibility index (Phi) is 4.24. The number of anilines is 2. The molecule has 2 rings (SSSR count). The summed E-state index contributed by atoms with van der Waals surface area (Å²) in [6.07, 6.45) is 1.75. The number of hydrogen-bond acceptors (Lipinski definition) is 6. The van der Waals surface area contributed by atoms with E-state index in [9.17, 15) is 0 Å². The summed E-state index contributed by atoms with van der Waals surface area (Å²) in [5.74, 6) is 3.58. The Morgan fingerprint density at radius 1 is 1.44 bits per heavy atom. The van der Waals surface area contributed by atoms with E-state index >= 15 is 0 Å². The van der Waals surface area contributed by atoms with Gasteiger partial charge in [0.2, 0.25) is 5.95 Å². The smallest absolute Gasteiger partial charge is 0.226 e. The van der Waals surface area contributed by atoms with Gasteiger partial charge in [-0.25, -0.2) is 0 Å². The van der Waals surface area contributed by atoms with Crippen LogP contribution in [-0.4, -0.2) is 44.8 Å². The zero-order valence-corrected chi connectivity index (χ0v) is 11.6. The van der Waals surface area contributed by atoms with Crippen molar-refractivity contribution in [3.8, 4) is 0 Å². The van der Waals surface area contributed by atoms with Crippen molar-refractivity contribution in [1.29, 1.82) is 0 Å². The van der Waals surface area contributed by atoms with Gasteiger partial charge in [-0.15, -0.1) is 0 Å². The fourth-order valence-electron chi connectivity index (χ4n) is 1.63. The highest BCUT2D eigenvalue weighted by Gasteiger charge is 2.11. The van der Waals surface area contributed by atoms with Crippen LogP contribution in [0.1, 0.15) is 13.8 Å². The number of H-pyrrole nitrogens is 1. The standard InChI is InChI=1S/C11H18N6S/c1-4-18-6-7(2)14-9-8-5-13-17-10(8)16-11(12-3)15-9/h5,7H,4,6H2,1-3H3,(H3,12,13,14,15,16,17). The predicted octanol–water partition coefficient (Wildman–Crippen LogP) is 1.95. The lowest BCUT2D eigenvalue weighted by atomic mass is 10.3. The highest BCUT2D eigenvalue weighted by atomic mass is 32.2. The molecule has 1 atom stereocenters. The normalized spacial score (nSPS) is 12.6. The van der Waals surface area contributed by atoms with E-state index in [0.717, 1.165) is 28.4 Å². The SMILES string of the molecule is CCSCC(C)Nc1nc(NC)nc2[nH]ncc12. The maximum Gasteiger partial charge on any atom is 0.226 e. The third-order valence-corrected chi connectivity index (χ3v) is 3.63. The van der Waals surface area contributed by atoms with E-state index in [2.05, 4.69) is 44.6 Å². The average molecular weight is 266 g/mol. The van der Waals surface area contributed by atoms with E-state index in [1.54, 1.807) is 13.2 Å². The van der Waals surface area contributed by atoms with Crippen LogP contribution in [0.15, 0.2) is 6.20 Å². The van der Waals surface area contributed by atoms with E-state index in [1.807, 2.05) is 11.8 Å². The maximum atomic E-state index is 4.44. The van der Waals surface area contributed by atoms with Gasteiger partial charge in [-0.1, -0.05) is 6.92 Å². The molecule has 0 aliphatic carbocycles. The van der Waals surface area contributed by atoms with Crippen LogP contribution in [0.2, 0.25) is 0 Å². The molecule has 0 radical (unpaired) electrons. The van der Waals surface area contributed by atoms with Crippen LogP contribution in [0.3, 0.4) is 0 Å². The van der Waals surface area contributed by atoms with Crippen LogP contribution in [0.4, 0.5) is 11.8 Å². The number of thioether (sulfide) groups is 1. The highest BCUT2D eigenvalue weighted by molar-refractivity contribution is 7.99. The number of aromatic amines is 1. The van der Waals surface area contributed by atoms with Crippen molar-refractivity contribution < 1.29 is 0 Å². The number of hydrogen-bond donors (Lipinski definition) is 3. The molecule has 0 aliphatic rings. The molecular formula is C11H18N6S. The molecular weight excluding hydrogens is 248 g/mol. The van der Waals surface area contributed by atoms with Crippen molar-refractivity contribution in [2.24, 2.45) is 0 Å². The number of nitrogens with zero attached hydrogens (tertiary/aromatic N) is 3. The van der Waals surface area contributed by atoms with Gasteiger partial charge in [0.1, 0.15) is 5.82 Å². The van der Waals surface area contributed by atoms with Gasteiger partial charge in [0.05, 0.1) is 11.6 Å². The zero-order valence-electron chi connectivity index (χ0n) is 10.8. The van der Waals surface area contributed by atoms with E-state index < -0.39 is 0 Å². The van der Waals surface area contributed by atoms with Crippen LogP contribution in [0.5, 0.6) is 0 Å². The number of fused-ring (bicyclic) bond motifs is 1. The summed E-state index contributed by atoms with van der Waals surface area (Å²) in [6, 6.07) is 0.354. The van der Waals surface area contributed by atoms with Gasteiger partial charge in [0, 0.05) is 18.8 Å². The molecule has 6 nitrogen and oxygen atoms in total. The van der Waals surface area contributed by atoms with Crippen molar-refractivity contribution in [3.63, 3.8) is 0 Å². The molecule has 0 saturated heterocycles. The lowest BCUT2D eigenvalue weighted by Crippen LogP contribution is -2.19. The minimum atomic E-state index is 0.354. The van der Waals surface area contributed by atoms with Gasteiger partial charge in [0.15, 0.2) is 5.65 Å². The topological polar surface area (TPSA) is 78.5 Å². The molecule has 2 aromatic rings. The van der Waals surface area contributed by atoms with E-state index in [1.165, 1.54) is 0 Å². The van der Waals surface area contributed by atoms with Gasteiger partial charge < -0.3 is 10.6 Å². The summed E-state index contributed by atoms with van der Waals surface area (Å²) in [6.45, 7) is 4.31. The Hall–Kier alpha value is -1.50. The zero-order chi connectivity index (χ0) is 13.0. The fraction of sp³-hybridized carbons (Fsp3) is 0.545. The van der Waals surface area contributed by atoms with E-state index in [-0.39, 0.29) is 0 Å². The summed E-state index contributed by atoms with van der Waals surface area (Å²) < 4.78 is 0. The molecule has 0 aromatic carbocycles. The quantitative estimate of drug-likeness (QED) is 0.741. The Morgan fingerprint density at radius 2 is 2.28 bits per heavy atom. The van der Waals surface area contributed by atoms with Gasteiger partial charge in [-0.05, 0) is 12.7 Å². The highest BCUT2D eigenvalue weighted by Crippen LogP contribution is 2.21. The Balaban J connectivity index is 2.22. The minimum absolute atomic E-state index is 0.354. The predicted molar refractivity (Wildman–Crippen MR) is 77.3 cm³/mol. The van der Waals surface area contributed by atoms with Crippen LogP contribution in [0.25, 0.3) is 11.0 Å². The molecule has 0 aliphatic heterocycles. The molecule has 18 heavy (non-hydrogen) atoms. The van der Waals surface area contributed by atoms with Crippen LogP contribution >= 0.6 is 11.8 Å². The minimum Gasteiger partial charge on any atom is -0.366 e. The largest absolute Gasteiger partial charge is 0.366 e. The van der Waals surface area contributed by atoms with Crippen molar-refractivity contribution in [2.45, 2.75) is 19.9 Å². The van der Waals surface area contributed by atoms with Gasteiger partial charge >= 0.3 is 0 Å². The summed E-state index contributed by atoms with van der Waals surface area (Å²) in [4.78, 5) is 8.74. The number of aromatic nitrogens is 4. The molecule has 3 N–H and O–H groups in total. The summed E-state index contributed by atoms with van der Waals surface area (Å²) >= 11 is 1.91. The lowest BCUT2D eigenvalue weighted by molar-refractivity contribution is 0.903. The molecule has 2 aromatic heterocycles. The Morgan fingerprint density at radius 3 is 3.00 bits per heavy atom. The Labute approximate surface area is 110 Å². The third kappa shape index (κ3) is 2.84. The monoisotopic (exact) mass is 266 g/mol. The van der Waals surface area contributed by atoms with Crippen molar-refractivity contribution in [3.05, 3.63) is 6.20 Å². The first-order valence-corrected chi connectivity index (χ1v) is 7.13. The molecule has 0 amide bonds. The summed E-state index contributed by atoms with van der Waals surface area (Å²) in [5.41, 5.74) is 0.743. The van der Waals surface area contributed by atoms with Gasteiger partial charge in [-0.3, -0.25) is 5.10 Å². The second kappa shape index (κ2) is 5.90. The van der Waals surface area contributed by atoms with Crippen molar-refractivity contribution in [2.75, 3.05) is 29.2 Å². The molecule has 7 heteroatoms. The van der Waals surface area contributed by atoms with Gasteiger partial charge in [0.25, 0.3) is 0 Å². The Bertz CT molecular complexity index is 511. The van der Waals surface area contributed by atoms with Crippen LogP contribution < -0.4 is 10.6 Å². The molecule has 2 heterocycles. The van der Waals surface area contributed by atoms with Gasteiger partial charge in [-0.2, -0.15) is 26.8 Å². The first-order valence-electron chi connectivity index (χ1n) is 5.97. The van der Waals surface area contributed by atoms with Crippen molar-refractivity contribution in [1.82, 2.24) is 20.2 Å². The molecule has 0 saturated carbocycles. The average Bonchev–Trinajstić information content (AvgIpc) is 2.84. The first-order chi connectivity index (χ1) is 8.74. The molecule has 0 bridgehead atoms. The number of nitrogens with one attached hydrogen (secondary N) is 3. The molecule has 1 unspecified atom stereocenters. The molecule has 98 valence electrons. The maximum absolute atomic E-state index is 4.44. The van der Waals surface area contributed by atoms with Crippen LogP contribution in [0, 0.1) is 0 Å². The number of rotatable bonds is 6. The van der Waals surface area contributed by atoms with Crippen LogP contribution in [-0.2, 0) is 0 Å².